The summed E-state index contributed by atoms with van der Waals surface area (Å²) in [6.07, 6.45) is 2.64. The molecule has 0 aromatic heterocycles. The molecule has 0 bridgehead atoms. The van der Waals surface area contributed by atoms with Gasteiger partial charge in [-0.05, 0) is 59.1 Å². The molecule has 8 heteroatoms. The summed E-state index contributed by atoms with van der Waals surface area (Å²) in [4.78, 5) is 51.2. The average molecular weight is 537 g/mol. The molecule has 1 atom stereocenters. The van der Waals surface area contributed by atoms with Crippen LogP contribution in [0.2, 0.25) is 0 Å². The number of aldehydes is 1. The highest BCUT2D eigenvalue weighted by Gasteiger charge is 2.27. The van der Waals surface area contributed by atoms with Crippen LogP contribution in [0.3, 0.4) is 0 Å². The van der Waals surface area contributed by atoms with E-state index in [0.29, 0.717) is 50.0 Å². The number of nitrogens with one attached hydrogen (secondary N) is 2. The SMILES string of the molecule is CN(CCc1ccc(NC(=O)[C@H](CC(C)(C)C)NC(=O)c2cccc(CN)c2)cc1)C(=O)CC(C)(C)CC=O. The van der Waals surface area contributed by atoms with Gasteiger partial charge < -0.3 is 26.1 Å². The molecular formula is C31H44N4O4. The van der Waals surface area contributed by atoms with Gasteiger partial charge in [-0.3, -0.25) is 14.4 Å². The minimum absolute atomic E-state index is 0.00687. The van der Waals surface area contributed by atoms with Gasteiger partial charge in [0.25, 0.3) is 5.91 Å². The second-order valence-electron chi connectivity index (χ2n) is 12.2. The Balaban J connectivity index is 2.00. The summed E-state index contributed by atoms with van der Waals surface area (Å²) in [6, 6.07) is 13.8. The predicted molar refractivity (Wildman–Crippen MR) is 155 cm³/mol. The van der Waals surface area contributed by atoms with E-state index < -0.39 is 6.04 Å². The van der Waals surface area contributed by atoms with Crippen molar-refractivity contribution < 1.29 is 19.2 Å². The molecule has 0 radical (unpaired) electrons. The fourth-order valence-corrected chi connectivity index (χ4v) is 4.15. The van der Waals surface area contributed by atoms with E-state index >= 15 is 0 Å². The van der Waals surface area contributed by atoms with Gasteiger partial charge in [0.1, 0.15) is 12.3 Å². The molecule has 212 valence electrons. The number of nitrogens with two attached hydrogens (primary N) is 1. The number of likely N-dealkylation sites (N-methyl/N-ethyl adjacent to an activating group) is 1. The van der Waals surface area contributed by atoms with Crippen LogP contribution in [0, 0.1) is 10.8 Å². The number of carbonyl (C=O) groups is 4. The van der Waals surface area contributed by atoms with Gasteiger partial charge in [-0.2, -0.15) is 0 Å². The first-order valence-electron chi connectivity index (χ1n) is 13.4. The maximum absolute atomic E-state index is 13.2. The van der Waals surface area contributed by atoms with E-state index in [0.717, 1.165) is 17.4 Å². The van der Waals surface area contributed by atoms with Gasteiger partial charge in [0, 0.05) is 44.2 Å². The van der Waals surface area contributed by atoms with Crippen molar-refractivity contribution in [3.05, 3.63) is 65.2 Å². The monoisotopic (exact) mass is 536 g/mol. The second kappa shape index (κ2) is 14.0. The predicted octanol–water partition coefficient (Wildman–Crippen LogP) is 4.32. The molecule has 0 aliphatic rings. The summed E-state index contributed by atoms with van der Waals surface area (Å²) >= 11 is 0. The van der Waals surface area contributed by atoms with Crippen molar-refractivity contribution >= 4 is 29.7 Å². The number of nitrogens with zero attached hydrogens (tertiary/aromatic N) is 1. The number of hydrogen-bond donors (Lipinski definition) is 3. The fraction of sp³-hybridized carbons (Fsp3) is 0.484. The molecule has 8 nitrogen and oxygen atoms in total. The van der Waals surface area contributed by atoms with Crippen molar-refractivity contribution in [2.24, 2.45) is 16.6 Å². The molecule has 0 fully saturated rings. The first kappa shape index (κ1) is 31.7. The topological polar surface area (TPSA) is 122 Å². The summed E-state index contributed by atoms with van der Waals surface area (Å²) in [6.45, 7) is 10.8. The van der Waals surface area contributed by atoms with Gasteiger partial charge in [0.2, 0.25) is 11.8 Å². The van der Waals surface area contributed by atoms with Gasteiger partial charge in [0.05, 0.1) is 0 Å². The van der Waals surface area contributed by atoms with Crippen molar-refractivity contribution in [1.29, 1.82) is 0 Å². The first-order chi connectivity index (χ1) is 18.2. The highest BCUT2D eigenvalue weighted by Crippen LogP contribution is 2.25. The molecule has 0 aliphatic heterocycles. The number of amides is 3. The van der Waals surface area contributed by atoms with Gasteiger partial charge in [-0.15, -0.1) is 0 Å². The van der Waals surface area contributed by atoms with Crippen molar-refractivity contribution in [1.82, 2.24) is 10.2 Å². The molecule has 2 aromatic rings. The zero-order chi connectivity index (χ0) is 29.2. The molecule has 0 saturated carbocycles. The molecule has 2 aromatic carbocycles. The molecule has 3 amide bonds. The molecule has 2 rings (SSSR count). The average Bonchev–Trinajstić information content (AvgIpc) is 2.86. The van der Waals surface area contributed by atoms with E-state index in [-0.39, 0.29) is 28.6 Å². The highest BCUT2D eigenvalue weighted by atomic mass is 16.2. The lowest BCUT2D eigenvalue weighted by Gasteiger charge is -2.26. The van der Waals surface area contributed by atoms with Crippen molar-refractivity contribution in [3.8, 4) is 0 Å². The van der Waals surface area contributed by atoms with Crippen LogP contribution >= 0.6 is 0 Å². The second-order valence-corrected chi connectivity index (χ2v) is 12.2. The van der Waals surface area contributed by atoms with E-state index in [1.165, 1.54) is 0 Å². The van der Waals surface area contributed by atoms with Crippen molar-refractivity contribution in [2.75, 3.05) is 18.9 Å². The maximum atomic E-state index is 13.2. The molecule has 0 unspecified atom stereocenters. The van der Waals surface area contributed by atoms with Gasteiger partial charge in [-0.25, -0.2) is 0 Å². The van der Waals surface area contributed by atoms with Crippen LogP contribution < -0.4 is 16.4 Å². The Morgan fingerprint density at radius 1 is 1.00 bits per heavy atom. The third kappa shape index (κ3) is 11.0. The largest absolute Gasteiger partial charge is 0.345 e. The number of benzene rings is 2. The summed E-state index contributed by atoms with van der Waals surface area (Å²) < 4.78 is 0. The summed E-state index contributed by atoms with van der Waals surface area (Å²) in [5.41, 5.74) is 8.12. The van der Waals surface area contributed by atoms with E-state index in [9.17, 15) is 19.2 Å². The van der Waals surface area contributed by atoms with E-state index in [1.54, 1.807) is 30.1 Å². The van der Waals surface area contributed by atoms with Crippen LogP contribution in [0.5, 0.6) is 0 Å². The first-order valence-corrected chi connectivity index (χ1v) is 13.4. The van der Waals surface area contributed by atoms with Gasteiger partial charge in [0.15, 0.2) is 0 Å². The lowest BCUT2D eigenvalue weighted by molar-refractivity contribution is -0.132. The summed E-state index contributed by atoms with van der Waals surface area (Å²) in [5.74, 6) is -0.602. The Morgan fingerprint density at radius 3 is 2.26 bits per heavy atom. The summed E-state index contributed by atoms with van der Waals surface area (Å²) in [7, 11) is 1.77. The smallest absolute Gasteiger partial charge is 0.251 e. The zero-order valence-corrected chi connectivity index (χ0v) is 24.2. The minimum Gasteiger partial charge on any atom is -0.345 e. The van der Waals surface area contributed by atoms with Gasteiger partial charge in [-0.1, -0.05) is 58.9 Å². The van der Waals surface area contributed by atoms with E-state index in [1.807, 2.05) is 65.0 Å². The minimum atomic E-state index is -0.721. The standard InChI is InChI=1S/C31H44N4O4/c1-30(2,3)19-26(34-28(38)24-9-7-8-23(18-24)21-32)29(39)33-25-12-10-22(11-13-25)14-16-35(6)27(37)20-31(4,5)15-17-36/h7-13,17-18,26H,14-16,19-21,32H2,1-6H3,(H,33,39)(H,34,38)/t26-/m0/s1. The van der Waals surface area contributed by atoms with Crippen LogP contribution in [-0.4, -0.2) is 48.5 Å². The molecular weight excluding hydrogens is 492 g/mol. The molecule has 39 heavy (non-hydrogen) atoms. The highest BCUT2D eigenvalue weighted by molar-refractivity contribution is 6.01. The van der Waals surface area contributed by atoms with E-state index in [4.69, 9.17) is 5.73 Å². The fourth-order valence-electron chi connectivity index (χ4n) is 4.15. The van der Waals surface area contributed by atoms with Crippen LogP contribution in [0.15, 0.2) is 48.5 Å². The van der Waals surface area contributed by atoms with Crippen LogP contribution in [-0.2, 0) is 27.3 Å². The Kier molecular flexibility index (Phi) is 11.4. The Morgan fingerprint density at radius 2 is 1.67 bits per heavy atom. The number of anilines is 1. The lowest BCUT2D eigenvalue weighted by atomic mass is 9.86. The lowest BCUT2D eigenvalue weighted by Crippen LogP contribution is -2.45. The summed E-state index contributed by atoms with van der Waals surface area (Å²) in [5, 5.41) is 5.82. The number of carbonyl (C=O) groups excluding carboxylic acids is 4. The van der Waals surface area contributed by atoms with Gasteiger partial charge >= 0.3 is 0 Å². The third-order valence-corrected chi connectivity index (χ3v) is 6.51. The van der Waals surface area contributed by atoms with Crippen molar-refractivity contribution in [3.63, 3.8) is 0 Å². The van der Waals surface area contributed by atoms with E-state index in [2.05, 4.69) is 10.6 Å². The van der Waals surface area contributed by atoms with Crippen LogP contribution in [0.4, 0.5) is 5.69 Å². The molecule has 4 N–H and O–H groups in total. The normalized spacial score (nSPS) is 12.4. The zero-order valence-electron chi connectivity index (χ0n) is 24.2. The Hall–Kier alpha value is -3.52. The van der Waals surface area contributed by atoms with Crippen LogP contribution in [0.1, 0.15) is 75.4 Å². The van der Waals surface area contributed by atoms with Crippen molar-refractivity contribution in [2.45, 2.75) is 72.9 Å². The third-order valence-electron chi connectivity index (χ3n) is 6.51. The maximum Gasteiger partial charge on any atom is 0.251 e. The molecule has 0 saturated heterocycles. The quantitative estimate of drug-likeness (QED) is 0.329. The number of rotatable bonds is 13. The Labute approximate surface area is 232 Å². The van der Waals surface area contributed by atoms with Crippen LogP contribution in [0.25, 0.3) is 0 Å². The molecule has 0 spiro atoms. The Bertz CT molecular complexity index is 1140. The number of hydrogen-bond acceptors (Lipinski definition) is 5. The molecule has 0 heterocycles. The molecule has 0 aliphatic carbocycles.